The third-order valence-corrected chi connectivity index (χ3v) is 4.69. The van der Waals surface area contributed by atoms with Crippen LogP contribution < -0.4 is 0 Å². The van der Waals surface area contributed by atoms with Gasteiger partial charge < -0.3 is 0 Å². The van der Waals surface area contributed by atoms with Crippen molar-refractivity contribution < 1.29 is 13.2 Å². The molecule has 0 aliphatic heterocycles. The Hall–Kier alpha value is -1.76. The number of rotatable bonds is 6. The van der Waals surface area contributed by atoms with Crippen LogP contribution >= 0.6 is 0 Å². The Morgan fingerprint density at radius 2 is 1.87 bits per heavy atom. The summed E-state index contributed by atoms with van der Waals surface area (Å²) < 4.78 is 38.9. The van der Waals surface area contributed by atoms with E-state index in [2.05, 4.69) is 0 Å². The van der Waals surface area contributed by atoms with Crippen molar-refractivity contribution in [3.8, 4) is 6.07 Å². The minimum absolute atomic E-state index is 0.202. The molecule has 124 valence electrons. The molecule has 1 aromatic rings. The number of nitriles is 1. The predicted molar refractivity (Wildman–Crippen MR) is 84.2 cm³/mol. The van der Waals surface area contributed by atoms with E-state index in [-0.39, 0.29) is 5.92 Å². The molecule has 0 spiro atoms. The molecule has 0 saturated heterocycles. The van der Waals surface area contributed by atoms with Crippen LogP contribution in [0.15, 0.2) is 30.1 Å². The van der Waals surface area contributed by atoms with Crippen molar-refractivity contribution in [1.29, 1.82) is 5.26 Å². The van der Waals surface area contributed by atoms with E-state index in [0.717, 1.165) is 56.9 Å². The van der Waals surface area contributed by atoms with E-state index in [4.69, 9.17) is 5.26 Å². The Balaban J connectivity index is 1.64. The fourth-order valence-corrected chi connectivity index (χ4v) is 3.35. The fraction of sp³-hybridized carbons (Fsp3) is 0.526. The molecule has 23 heavy (non-hydrogen) atoms. The molecule has 1 aliphatic carbocycles. The Morgan fingerprint density at radius 1 is 1.13 bits per heavy atom. The standard InChI is InChI=1S/C19H22F3N/c20-17(13-23)11-16-7-5-14(6-8-16)3-1-2-4-15-9-10-18(21)19(22)12-15/h9-12,14,16H,1-8H2/b17-11-. The zero-order chi connectivity index (χ0) is 16.7. The third kappa shape index (κ3) is 5.74. The highest BCUT2D eigenvalue weighted by Crippen LogP contribution is 2.33. The number of nitrogens with zero attached hydrogens (tertiary/aromatic N) is 1. The van der Waals surface area contributed by atoms with E-state index >= 15 is 0 Å². The van der Waals surface area contributed by atoms with Crippen molar-refractivity contribution in [1.82, 2.24) is 0 Å². The molecule has 0 atom stereocenters. The maximum Gasteiger partial charge on any atom is 0.196 e. The van der Waals surface area contributed by atoms with Crippen LogP contribution in [0.4, 0.5) is 13.2 Å². The summed E-state index contributed by atoms with van der Waals surface area (Å²) in [5.41, 5.74) is 0.838. The molecule has 0 amide bonds. The van der Waals surface area contributed by atoms with Gasteiger partial charge in [0.1, 0.15) is 6.07 Å². The molecule has 1 aliphatic rings. The first-order chi connectivity index (χ1) is 11.1. The highest BCUT2D eigenvalue weighted by molar-refractivity contribution is 5.17. The summed E-state index contributed by atoms with van der Waals surface area (Å²) in [6.07, 6.45) is 9.43. The molecular weight excluding hydrogens is 299 g/mol. The van der Waals surface area contributed by atoms with Gasteiger partial charge in [0.2, 0.25) is 0 Å². The molecule has 1 fully saturated rings. The first-order valence-corrected chi connectivity index (χ1v) is 8.30. The van der Waals surface area contributed by atoms with E-state index in [1.54, 1.807) is 6.07 Å². The topological polar surface area (TPSA) is 23.8 Å². The Morgan fingerprint density at radius 3 is 2.52 bits per heavy atom. The lowest BCUT2D eigenvalue weighted by Gasteiger charge is -2.26. The average Bonchev–Trinajstić information content (AvgIpc) is 2.56. The Bertz CT molecular complexity index is 581. The van der Waals surface area contributed by atoms with Gasteiger partial charge >= 0.3 is 0 Å². The van der Waals surface area contributed by atoms with Gasteiger partial charge in [0, 0.05) is 0 Å². The summed E-state index contributed by atoms with van der Waals surface area (Å²) in [5.74, 6) is -1.38. The van der Waals surface area contributed by atoms with Crippen LogP contribution in [0.25, 0.3) is 0 Å². The van der Waals surface area contributed by atoms with Gasteiger partial charge in [-0.25, -0.2) is 8.78 Å². The molecule has 0 unspecified atom stereocenters. The summed E-state index contributed by atoms with van der Waals surface area (Å²) in [6, 6.07) is 5.63. The number of benzene rings is 1. The van der Waals surface area contributed by atoms with Crippen molar-refractivity contribution in [2.75, 3.05) is 0 Å². The molecule has 1 nitrogen and oxygen atoms in total. The molecule has 1 aromatic carbocycles. The minimum Gasteiger partial charge on any atom is -0.204 e. The van der Waals surface area contributed by atoms with Gasteiger partial charge in [-0.05, 0) is 74.1 Å². The average molecular weight is 321 g/mol. The first kappa shape index (κ1) is 17.6. The van der Waals surface area contributed by atoms with Crippen molar-refractivity contribution in [3.05, 3.63) is 47.3 Å². The molecule has 0 radical (unpaired) electrons. The van der Waals surface area contributed by atoms with Crippen LogP contribution in [0.1, 0.15) is 50.5 Å². The number of aryl methyl sites for hydroxylation is 1. The lowest BCUT2D eigenvalue weighted by molar-refractivity contribution is 0.288. The van der Waals surface area contributed by atoms with Crippen LogP contribution in [0, 0.1) is 34.8 Å². The summed E-state index contributed by atoms with van der Waals surface area (Å²) in [5, 5.41) is 8.45. The smallest absolute Gasteiger partial charge is 0.196 e. The number of allylic oxidation sites excluding steroid dienone is 2. The number of hydrogen-bond acceptors (Lipinski definition) is 1. The molecule has 0 heterocycles. The second-order valence-corrected chi connectivity index (χ2v) is 6.40. The van der Waals surface area contributed by atoms with E-state index in [1.165, 1.54) is 24.3 Å². The maximum absolute atomic E-state index is 13.1. The summed E-state index contributed by atoms with van der Waals surface area (Å²) in [7, 11) is 0. The second kappa shape index (κ2) is 8.76. The predicted octanol–water partition coefficient (Wildman–Crippen LogP) is 5.86. The summed E-state index contributed by atoms with van der Waals surface area (Å²) in [4.78, 5) is 0. The zero-order valence-corrected chi connectivity index (χ0v) is 13.2. The molecule has 4 heteroatoms. The van der Waals surface area contributed by atoms with Crippen LogP contribution in [-0.2, 0) is 6.42 Å². The van der Waals surface area contributed by atoms with Gasteiger partial charge in [-0.3, -0.25) is 0 Å². The van der Waals surface area contributed by atoms with Crippen LogP contribution in [-0.4, -0.2) is 0 Å². The van der Waals surface area contributed by atoms with Gasteiger partial charge in [0.15, 0.2) is 17.5 Å². The van der Waals surface area contributed by atoms with Gasteiger partial charge in [-0.15, -0.1) is 0 Å². The zero-order valence-electron chi connectivity index (χ0n) is 13.2. The molecule has 0 aromatic heterocycles. The first-order valence-electron chi connectivity index (χ1n) is 8.30. The minimum atomic E-state index is -0.799. The van der Waals surface area contributed by atoms with Crippen molar-refractivity contribution in [2.24, 2.45) is 11.8 Å². The second-order valence-electron chi connectivity index (χ2n) is 6.40. The Kier molecular flexibility index (Phi) is 6.70. The SMILES string of the molecule is N#C/C(F)=C/C1CCC(CCCCc2ccc(F)c(F)c2)CC1. The highest BCUT2D eigenvalue weighted by atomic mass is 19.2. The summed E-state index contributed by atoms with van der Waals surface area (Å²) in [6.45, 7) is 0. The van der Waals surface area contributed by atoms with Crippen LogP contribution in [0.3, 0.4) is 0 Å². The van der Waals surface area contributed by atoms with Gasteiger partial charge in [0.05, 0.1) is 0 Å². The molecular formula is C19H22F3N. The number of halogens is 3. The summed E-state index contributed by atoms with van der Waals surface area (Å²) >= 11 is 0. The van der Waals surface area contributed by atoms with E-state index in [0.29, 0.717) is 5.92 Å². The monoisotopic (exact) mass is 321 g/mol. The van der Waals surface area contributed by atoms with Gasteiger partial charge in [0.25, 0.3) is 0 Å². The molecule has 2 rings (SSSR count). The van der Waals surface area contributed by atoms with E-state index in [9.17, 15) is 13.2 Å². The molecule has 0 bridgehead atoms. The largest absolute Gasteiger partial charge is 0.204 e. The normalized spacial score (nSPS) is 21.9. The number of unbranched alkanes of at least 4 members (excludes halogenated alkanes) is 1. The van der Waals surface area contributed by atoms with Crippen LogP contribution in [0.5, 0.6) is 0 Å². The van der Waals surface area contributed by atoms with Crippen molar-refractivity contribution in [2.45, 2.75) is 51.4 Å². The number of hydrogen-bond donors (Lipinski definition) is 0. The Labute approximate surface area is 135 Å². The maximum atomic E-state index is 13.1. The van der Waals surface area contributed by atoms with Gasteiger partial charge in [-0.1, -0.05) is 18.9 Å². The van der Waals surface area contributed by atoms with Crippen LogP contribution in [0.2, 0.25) is 0 Å². The van der Waals surface area contributed by atoms with Crippen molar-refractivity contribution in [3.63, 3.8) is 0 Å². The third-order valence-electron chi connectivity index (χ3n) is 4.69. The molecule has 1 saturated carbocycles. The lowest BCUT2D eigenvalue weighted by Crippen LogP contribution is -2.13. The fourth-order valence-electron chi connectivity index (χ4n) is 3.35. The van der Waals surface area contributed by atoms with Crippen molar-refractivity contribution >= 4 is 0 Å². The quantitative estimate of drug-likeness (QED) is 0.475. The van der Waals surface area contributed by atoms with E-state index < -0.39 is 17.5 Å². The van der Waals surface area contributed by atoms with E-state index in [1.807, 2.05) is 0 Å². The lowest BCUT2D eigenvalue weighted by atomic mass is 9.79. The molecule has 0 N–H and O–H groups in total. The highest BCUT2D eigenvalue weighted by Gasteiger charge is 2.20. The van der Waals surface area contributed by atoms with Gasteiger partial charge in [-0.2, -0.15) is 9.65 Å².